The molecule has 0 radical (unpaired) electrons. The molecule has 0 heterocycles. The third kappa shape index (κ3) is 2.63. The van der Waals surface area contributed by atoms with E-state index in [9.17, 15) is 22.7 Å². The lowest BCUT2D eigenvalue weighted by molar-refractivity contribution is -0.137. The van der Waals surface area contributed by atoms with Gasteiger partial charge in [-0.3, -0.25) is 4.79 Å². The number of hydrogen-bond donors (Lipinski definition) is 1. The van der Waals surface area contributed by atoms with Gasteiger partial charge in [0.1, 0.15) is 10.7 Å². The molecule has 1 fully saturated rings. The average molecular weight is 286 g/mol. The first-order valence-corrected chi connectivity index (χ1v) is 7.70. The van der Waals surface area contributed by atoms with Crippen molar-refractivity contribution < 1.29 is 22.7 Å². The van der Waals surface area contributed by atoms with Crippen LogP contribution in [-0.2, 0) is 14.6 Å². The largest absolute Gasteiger partial charge is 0.480 e. The summed E-state index contributed by atoms with van der Waals surface area (Å²) in [5.74, 6) is -2.72. The molecule has 0 bridgehead atoms. The first kappa shape index (κ1) is 14.0. The second-order valence-electron chi connectivity index (χ2n) is 4.78. The van der Waals surface area contributed by atoms with Gasteiger partial charge in [0, 0.05) is 0 Å². The Balaban J connectivity index is 2.46. The maximum Gasteiger partial charge on any atom is 0.322 e. The fraction of sp³-hybridized carbons (Fsp3) is 0.462. The molecule has 4 nitrogen and oxygen atoms in total. The van der Waals surface area contributed by atoms with Crippen LogP contribution in [0.2, 0.25) is 0 Å². The van der Waals surface area contributed by atoms with E-state index in [1.54, 1.807) is 0 Å². The van der Waals surface area contributed by atoms with Gasteiger partial charge >= 0.3 is 5.97 Å². The van der Waals surface area contributed by atoms with Gasteiger partial charge in [-0.15, -0.1) is 0 Å². The number of rotatable bonds is 4. The highest BCUT2D eigenvalue weighted by atomic mass is 32.2. The predicted octanol–water partition coefficient (Wildman–Crippen LogP) is 2.24. The van der Waals surface area contributed by atoms with E-state index in [1.807, 2.05) is 0 Å². The summed E-state index contributed by atoms with van der Waals surface area (Å²) in [4.78, 5) is 10.8. The van der Waals surface area contributed by atoms with Crippen LogP contribution >= 0.6 is 0 Å². The fourth-order valence-electron chi connectivity index (χ4n) is 2.66. The zero-order valence-electron chi connectivity index (χ0n) is 10.3. The van der Waals surface area contributed by atoms with E-state index in [-0.39, 0.29) is 0 Å². The van der Waals surface area contributed by atoms with Crippen molar-refractivity contribution in [3.63, 3.8) is 0 Å². The molecule has 0 aromatic heterocycles. The van der Waals surface area contributed by atoms with Crippen LogP contribution in [0.5, 0.6) is 0 Å². The van der Waals surface area contributed by atoms with E-state index in [2.05, 4.69) is 0 Å². The zero-order valence-corrected chi connectivity index (χ0v) is 11.1. The molecule has 0 saturated heterocycles. The maximum atomic E-state index is 13.6. The van der Waals surface area contributed by atoms with Crippen LogP contribution in [0.4, 0.5) is 4.39 Å². The first-order valence-electron chi connectivity index (χ1n) is 6.16. The van der Waals surface area contributed by atoms with Crippen molar-refractivity contribution in [3.8, 4) is 0 Å². The Morgan fingerprint density at radius 2 is 1.84 bits per heavy atom. The number of carbonyl (C=O) groups is 1. The number of carboxylic acids is 1. The minimum atomic E-state index is -4.19. The van der Waals surface area contributed by atoms with Gasteiger partial charge in [-0.05, 0) is 30.9 Å². The van der Waals surface area contributed by atoms with Crippen LogP contribution in [0.25, 0.3) is 0 Å². The molecule has 2 rings (SSSR count). The molecule has 1 atom stereocenters. The number of halogens is 1. The van der Waals surface area contributed by atoms with Gasteiger partial charge < -0.3 is 5.11 Å². The highest BCUT2D eigenvalue weighted by molar-refractivity contribution is 7.92. The third-order valence-electron chi connectivity index (χ3n) is 3.55. The molecule has 0 amide bonds. The SMILES string of the molecule is O=C(O)C(C1CCCC1)S(=O)(=O)c1ccccc1F. The van der Waals surface area contributed by atoms with Crippen LogP contribution in [0.15, 0.2) is 29.2 Å². The second-order valence-corrected chi connectivity index (χ2v) is 6.82. The van der Waals surface area contributed by atoms with Gasteiger partial charge in [-0.2, -0.15) is 0 Å². The van der Waals surface area contributed by atoms with Crippen LogP contribution in [-0.4, -0.2) is 24.7 Å². The summed E-state index contributed by atoms with van der Waals surface area (Å²) >= 11 is 0. The van der Waals surface area contributed by atoms with Crippen molar-refractivity contribution in [2.45, 2.75) is 35.8 Å². The summed E-state index contributed by atoms with van der Waals surface area (Å²) in [6.45, 7) is 0. The number of carboxylic acid groups (broad SMARTS) is 1. The Labute approximate surface area is 111 Å². The number of sulfone groups is 1. The van der Waals surface area contributed by atoms with Gasteiger partial charge in [0.15, 0.2) is 15.1 Å². The molecule has 1 unspecified atom stereocenters. The van der Waals surface area contributed by atoms with Crippen LogP contribution in [0.1, 0.15) is 25.7 Å². The lowest BCUT2D eigenvalue weighted by Crippen LogP contribution is -2.36. The van der Waals surface area contributed by atoms with Crippen molar-refractivity contribution in [3.05, 3.63) is 30.1 Å². The first-order chi connectivity index (χ1) is 8.94. The zero-order chi connectivity index (χ0) is 14.0. The fourth-order valence-corrected chi connectivity index (χ4v) is 4.59. The average Bonchev–Trinajstić information content (AvgIpc) is 2.82. The van der Waals surface area contributed by atoms with Crippen LogP contribution in [0.3, 0.4) is 0 Å². The minimum absolute atomic E-state index is 0.429. The predicted molar refractivity (Wildman–Crippen MR) is 67.0 cm³/mol. The molecule has 1 N–H and O–H groups in total. The van der Waals surface area contributed by atoms with Crippen molar-refractivity contribution >= 4 is 15.8 Å². The topological polar surface area (TPSA) is 71.4 Å². The summed E-state index contributed by atoms with van der Waals surface area (Å²) in [7, 11) is -4.19. The number of benzene rings is 1. The van der Waals surface area contributed by atoms with E-state index in [0.717, 1.165) is 25.0 Å². The monoisotopic (exact) mass is 286 g/mol. The molecule has 104 valence electrons. The number of hydrogen-bond acceptors (Lipinski definition) is 3. The highest BCUT2D eigenvalue weighted by Gasteiger charge is 2.42. The highest BCUT2D eigenvalue weighted by Crippen LogP contribution is 2.34. The summed E-state index contributed by atoms with van der Waals surface area (Å²) in [6.07, 6.45) is 2.76. The van der Waals surface area contributed by atoms with Crippen LogP contribution in [0, 0.1) is 11.7 Å². The summed E-state index contributed by atoms with van der Waals surface area (Å²) < 4.78 is 38.3. The van der Waals surface area contributed by atoms with Crippen molar-refractivity contribution in [2.75, 3.05) is 0 Å². The van der Waals surface area contributed by atoms with E-state index in [1.165, 1.54) is 12.1 Å². The molecule has 6 heteroatoms. The summed E-state index contributed by atoms with van der Waals surface area (Å²) in [5.41, 5.74) is 0. The molecule has 19 heavy (non-hydrogen) atoms. The maximum absolute atomic E-state index is 13.6. The lowest BCUT2D eigenvalue weighted by atomic mass is 10.0. The Morgan fingerprint density at radius 1 is 1.26 bits per heavy atom. The summed E-state index contributed by atoms with van der Waals surface area (Å²) in [5, 5.41) is 7.67. The smallest absolute Gasteiger partial charge is 0.322 e. The molecule has 1 aliphatic carbocycles. The molecule has 1 saturated carbocycles. The molecule has 0 spiro atoms. The van der Waals surface area contributed by atoms with Gasteiger partial charge in [0.05, 0.1) is 0 Å². The number of aliphatic carboxylic acids is 1. The van der Waals surface area contributed by atoms with E-state index in [0.29, 0.717) is 12.8 Å². The Hall–Kier alpha value is -1.43. The van der Waals surface area contributed by atoms with Gasteiger partial charge in [-0.25, -0.2) is 12.8 Å². The van der Waals surface area contributed by atoms with E-state index >= 15 is 0 Å². The van der Waals surface area contributed by atoms with Gasteiger partial charge in [0.2, 0.25) is 0 Å². The van der Waals surface area contributed by atoms with Gasteiger partial charge in [0.25, 0.3) is 0 Å². The van der Waals surface area contributed by atoms with E-state index in [4.69, 9.17) is 0 Å². The molecule has 1 aromatic rings. The Morgan fingerprint density at radius 3 is 2.37 bits per heavy atom. The van der Waals surface area contributed by atoms with E-state index < -0.39 is 37.7 Å². The summed E-state index contributed by atoms with van der Waals surface area (Å²) in [6, 6.07) is 4.92. The Kier molecular flexibility index (Phi) is 3.89. The molecule has 1 aromatic carbocycles. The third-order valence-corrected chi connectivity index (χ3v) is 5.75. The molecule has 1 aliphatic rings. The van der Waals surface area contributed by atoms with Crippen molar-refractivity contribution in [2.24, 2.45) is 5.92 Å². The standard InChI is InChI=1S/C13H15FO4S/c14-10-7-3-4-8-11(10)19(17,18)12(13(15)16)9-5-1-2-6-9/h3-4,7-9,12H,1-2,5-6H2,(H,15,16). The minimum Gasteiger partial charge on any atom is -0.480 e. The quantitative estimate of drug-likeness (QED) is 0.921. The molecule has 0 aliphatic heterocycles. The molecular weight excluding hydrogens is 271 g/mol. The lowest BCUT2D eigenvalue weighted by Gasteiger charge is -2.19. The van der Waals surface area contributed by atoms with Crippen molar-refractivity contribution in [1.29, 1.82) is 0 Å². The van der Waals surface area contributed by atoms with Gasteiger partial charge in [-0.1, -0.05) is 25.0 Å². The Bertz CT molecular complexity index is 576. The second kappa shape index (κ2) is 5.28. The van der Waals surface area contributed by atoms with Crippen LogP contribution < -0.4 is 0 Å². The van der Waals surface area contributed by atoms with Crippen molar-refractivity contribution in [1.82, 2.24) is 0 Å². The molecular formula is C13H15FO4S. The normalized spacial score (nSPS) is 18.4.